The van der Waals surface area contributed by atoms with Crippen molar-refractivity contribution < 1.29 is 0 Å². The molecule has 2 fully saturated rings. The van der Waals surface area contributed by atoms with Crippen molar-refractivity contribution in [2.75, 3.05) is 24.5 Å². The van der Waals surface area contributed by atoms with Crippen LogP contribution in [0.4, 0.5) is 5.82 Å². The van der Waals surface area contributed by atoms with Gasteiger partial charge < -0.3 is 10.2 Å². The molecule has 3 rings (SSSR count). The summed E-state index contributed by atoms with van der Waals surface area (Å²) in [7, 11) is 0. The van der Waals surface area contributed by atoms with Crippen molar-refractivity contribution in [2.24, 2.45) is 5.92 Å². The number of anilines is 1. The molecule has 0 aromatic carbocycles. The molecule has 3 heterocycles. The normalized spacial score (nSPS) is 29.5. The zero-order chi connectivity index (χ0) is 10.3. The number of rotatable bonds is 1. The first-order chi connectivity index (χ1) is 7.34. The van der Waals surface area contributed by atoms with Crippen molar-refractivity contribution in [3.63, 3.8) is 0 Å². The molecule has 1 aromatic heterocycles. The smallest absolute Gasteiger partial charge is 0.151 e. The topological polar surface area (TPSA) is 41.0 Å². The average Bonchev–Trinajstić information content (AvgIpc) is 2.80. The number of fused-ring (bicyclic) bond motifs is 1. The minimum atomic E-state index is 0.641. The lowest BCUT2D eigenvalue weighted by Crippen LogP contribution is -2.34. The van der Waals surface area contributed by atoms with Crippen LogP contribution in [0.1, 0.15) is 12.1 Å². The molecule has 0 amide bonds. The van der Waals surface area contributed by atoms with Crippen LogP contribution in [0.15, 0.2) is 12.1 Å². The summed E-state index contributed by atoms with van der Waals surface area (Å²) in [6, 6.07) is 4.77. The molecule has 4 nitrogen and oxygen atoms in total. The Morgan fingerprint density at radius 3 is 3.07 bits per heavy atom. The third-order valence-corrected chi connectivity index (χ3v) is 3.52. The van der Waals surface area contributed by atoms with Gasteiger partial charge in [-0.3, -0.25) is 0 Å². The van der Waals surface area contributed by atoms with Gasteiger partial charge in [-0.15, -0.1) is 5.10 Å². The van der Waals surface area contributed by atoms with Crippen LogP contribution in [0.25, 0.3) is 0 Å². The summed E-state index contributed by atoms with van der Waals surface area (Å²) in [5.41, 5.74) is 0.985. The number of hydrogen-bond donors (Lipinski definition) is 1. The lowest BCUT2D eigenvalue weighted by molar-refractivity contribution is 0.576. The van der Waals surface area contributed by atoms with Crippen molar-refractivity contribution in [1.29, 1.82) is 0 Å². The van der Waals surface area contributed by atoms with E-state index in [9.17, 15) is 0 Å². The van der Waals surface area contributed by atoms with Crippen molar-refractivity contribution in [1.82, 2.24) is 15.5 Å². The summed E-state index contributed by atoms with van der Waals surface area (Å²) in [6.45, 7) is 5.37. The second-order valence-electron chi connectivity index (χ2n) is 4.50. The molecular weight excluding hydrogens is 188 g/mol. The maximum absolute atomic E-state index is 4.27. The molecule has 0 radical (unpaired) electrons. The van der Waals surface area contributed by atoms with E-state index in [1.807, 2.05) is 13.0 Å². The highest BCUT2D eigenvalue weighted by Crippen LogP contribution is 2.30. The quantitative estimate of drug-likeness (QED) is 0.726. The summed E-state index contributed by atoms with van der Waals surface area (Å²) >= 11 is 0. The molecule has 80 valence electrons. The third-order valence-electron chi connectivity index (χ3n) is 3.52. The molecule has 4 heteroatoms. The van der Waals surface area contributed by atoms with Gasteiger partial charge >= 0.3 is 0 Å². The van der Waals surface area contributed by atoms with Crippen LogP contribution < -0.4 is 10.2 Å². The summed E-state index contributed by atoms with van der Waals surface area (Å²) in [5, 5.41) is 11.8. The van der Waals surface area contributed by atoms with Gasteiger partial charge in [0.1, 0.15) is 0 Å². The van der Waals surface area contributed by atoms with Gasteiger partial charge in [0, 0.05) is 25.7 Å². The van der Waals surface area contributed by atoms with E-state index >= 15 is 0 Å². The highest BCUT2D eigenvalue weighted by molar-refractivity contribution is 5.41. The van der Waals surface area contributed by atoms with E-state index in [2.05, 4.69) is 26.5 Å². The number of nitrogens with zero attached hydrogens (tertiary/aromatic N) is 3. The molecule has 2 atom stereocenters. The van der Waals surface area contributed by atoms with Crippen LogP contribution in [0.3, 0.4) is 0 Å². The van der Waals surface area contributed by atoms with E-state index in [1.165, 1.54) is 13.0 Å². The third kappa shape index (κ3) is 1.49. The second-order valence-corrected chi connectivity index (χ2v) is 4.50. The van der Waals surface area contributed by atoms with E-state index < -0.39 is 0 Å². The van der Waals surface area contributed by atoms with Crippen molar-refractivity contribution in [3.05, 3.63) is 17.8 Å². The van der Waals surface area contributed by atoms with E-state index in [0.29, 0.717) is 6.04 Å². The predicted molar refractivity (Wildman–Crippen MR) is 58.9 cm³/mol. The van der Waals surface area contributed by atoms with Crippen LogP contribution in [-0.2, 0) is 0 Å². The number of aromatic nitrogens is 2. The highest BCUT2D eigenvalue weighted by atomic mass is 15.3. The monoisotopic (exact) mass is 204 g/mol. The van der Waals surface area contributed by atoms with E-state index in [-0.39, 0.29) is 0 Å². The lowest BCUT2D eigenvalue weighted by Gasteiger charge is -2.23. The molecule has 1 aromatic rings. The first-order valence-corrected chi connectivity index (χ1v) is 5.62. The fourth-order valence-corrected chi connectivity index (χ4v) is 2.68. The Bertz CT molecular complexity index is 348. The molecule has 0 saturated carbocycles. The maximum Gasteiger partial charge on any atom is 0.151 e. The molecule has 15 heavy (non-hydrogen) atoms. The Morgan fingerprint density at radius 2 is 2.27 bits per heavy atom. The van der Waals surface area contributed by atoms with Gasteiger partial charge in [0.2, 0.25) is 0 Å². The molecule has 2 saturated heterocycles. The van der Waals surface area contributed by atoms with Crippen LogP contribution >= 0.6 is 0 Å². The molecular formula is C11H16N4. The predicted octanol–water partition coefficient (Wildman–Crippen LogP) is 0.583. The first kappa shape index (κ1) is 9.09. The Labute approximate surface area is 89.7 Å². The molecule has 2 aliphatic heterocycles. The van der Waals surface area contributed by atoms with E-state index in [0.717, 1.165) is 30.5 Å². The van der Waals surface area contributed by atoms with E-state index in [1.54, 1.807) is 0 Å². The number of nitrogens with one attached hydrogen (secondary N) is 1. The van der Waals surface area contributed by atoms with Gasteiger partial charge in [-0.1, -0.05) is 0 Å². The Balaban J connectivity index is 1.85. The fourth-order valence-electron chi connectivity index (χ4n) is 2.68. The van der Waals surface area contributed by atoms with Crippen LogP contribution in [0.2, 0.25) is 0 Å². The Kier molecular flexibility index (Phi) is 2.09. The van der Waals surface area contributed by atoms with Gasteiger partial charge in [0.25, 0.3) is 0 Å². The average molecular weight is 204 g/mol. The summed E-state index contributed by atoms with van der Waals surface area (Å²) < 4.78 is 0. The van der Waals surface area contributed by atoms with Gasteiger partial charge in [0.15, 0.2) is 5.82 Å². The number of aryl methyl sites for hydroxylation is 1. The van der Waals surface area contributed by atoms with Gasteiger partial charge in [-0.05, 0) is 31.4 Å². The Morgan fingerprint density at radius 1 is 1.33 bits per heavy atom. The van der Waals surface area contributed by atoms with Crippen LogP contribution in [-0.4, -0.2) is 35.9 Å². The summed E-state index contributed by atoms with van der Waals surface area (Å²) in [5.74, 6) is 1.85. The fraction of sp³-hybridized carbons (Fsp3) is 0.636. The van der Waals surface area contributed by atoms with Gasteiger partial charge in [-0.25, -0.2) is 0 Å². The maximum atomic E-state index is 4.27. The summed E-state index contributed by atoms with van der Waals surface area (Å²) in [6.07, 6.45) is 1.28. The van der Waals surface area contributed by atoms with Crippen molar-refractivity contribution in [3.8, 4) is 0 Å². The standard InChI is InChI=1S/C11H16N4/c1-8-2-3-11(14-13-8)15-5-4-9-6-12-7-10(9)15/h2-3,9-10,12H,4-7H2,1H3/t9-,10+/m0/s1. The molecule has 0 aliphatic carbocycles. The lowest BCUT2D eigenvalue weighted by atomic mass is 10.1. The minimum Gasteiger partial charge on any atom is -0.351 e. The van der Waals surface area contributed by atoms with Crippen molar-refractivity contribution in [2.45, 2.75) is 19.4 Å². The molecule has 0 bridgehead atoms. The van der Waals surface area contributed by atoms with Gasteiger partial charge in [0.05, 0.1) is 5.69 Å². The molecule has 0 spiro atoms. The SMILES string of the molecule is Cc1ccc(N2CC[C@H]3CNC[C@H]32)nn1. The first-order valence-electron chi connectivity index (χ1n) is 5.62. The van der Waals surface area contributed by atoms with Crippen LogP contribution in [0.5, 0.6) is 0 Å². The molecule has 1 N–H and O–H groups in total. The second kappa shape index (κ2) is 3.45. The van der Waals surface area contributed by atoms with Crippen molar-refractivity contribution >= 4 is 5.82 Å². The van der Waals surface area contributed by atoms with E-state index in [4.69, 9.17) is 0 Å². The minimum absolute atomic E-state index is 0.641. The molecule has 2 aliphatic rings. The largest absolute Gasteiger partial charge is 0.351 e. The molecule has 0 unspecified atom stereocenters. The zero-order valence-electron chi connectivity index (χ0n) is 8.98. The summed E-state index contributed by atoms with van der Waals surface area (Å²) in [4.78, 5) is 2.40. The zero-order valence-corrected chi connectivity index (χ0v) is 8.98. The highest BCUT2D eigenvalue weighted by Gasteiger charge is 2.38. The van der Waals surface area contributed by atoms with Crippen LogP contribution in [0, 0.1) is 12.8 Å². The number of hydrogen-bond acceptors (Lipinski definition) is 4. The Hall–Kier alpha value is -1.16. The van der Waals surface area contributed by atoms with Gasteiger partial charge in [-0.2, -0.15) is 5.10 Å².